The van der Waals surface area contributed by atoms with Crippen molar-refractivity contribution in [2.75, 3.05) is 13.1 Å². The van der Waals surface area contributed by atoms with Gasteiger partial charge in [0.15, 0.2) is 0 Å². The minimum Gasteiger partial charge on any atom is -0.354 e. The van der Waals surface area contributed by atoms with Crippen molar-refractivity contribution >= 4 is 11.8 Å². The zero-order valence-electron chi connectivity index (χ0n) is 16.3. The molecule has 0 radical (unpaired) electrons. The summed E-state index contributed by atoms with van der Waals surface area (Å²) in [6, 6.07) is 12.2. The first-order valence-corrected chi connectivity index (χ1v) is 9.83. The maximum absolute atomic E-state index is 12.5. The lowest BCUT2D eigenvalue weighted by Crippen LogP contribution is -2.37. The molecule has 0 spiro atoms. The van der Waals surface area contributed by atoms with Gasteiger partial charge >= 0.3 is 0 Å². The van der Waals surface area contributed by atoms with E-state index in [1.54, 1.807) is 0 Å². The Morgan fingerprint density at radius 3 is 2.41 bits per heavy atom. The maximum Gasteiger partial charge on any atom is 0.253 e. The van der Waals surface area contributed by atoms with Crippen molar-refractivity contribution in [3.8, 4) is 0 Å². The van der Waals surface area contributed by atoms with Gasteiger partial charge in [0.1, 0.15) is 0 Å². The maximum atomic E-state index is 12.5. The second-order valence-electron chi connectivity index (χ2n) is 7.38. The fourth-order valence-electron chi connectivity index (χ4n) is 3.83. The lowest BCUT2D eigenvalue weighted by atomic mass is 10.1. The van der Waals surface area contributed by atoms with E-state index in [0.717, 1.165) is 43.6 Å². The number of rotatable bonds is 7. The number of benzene rings is 1. The third-order valence-electron chi connectivity index (χ3n) is 5.44. The second kappa shape index (κ2) is 8.89. The van der Waals surface area contributed by atoms with Crippen molar-refractivity contribution in [1.82, 2.24) is 15.2 Å². The summed E-state index contributed by atoms with van der Waals surface area (Å²) >= 11 is 0. The van der Waals surface area contributed by atoms with Crippen molar-refractivity contribution in [2.45, 2.75) is 46.1 Å². The molecule has 0 atom stereocenters. The second-order valence-corrected chi connectivity index (χ2v) is 7.38. The molecule has 1 fully saturated rings. The molecule has 1 aliphatic carbocycles. The van der Waals surface area contributed by atoms with Gasteiger partial charge in [0.25, 0.3) is 5.91 Å². The van der Waals surface area contributed by atoms with Gasteiger partial charge in [-0.05, 0) is 38.3 Å². The van der Waals surface area contributed by atoms with Gasteiger partial charge in [-0.1, -0.05) is 43.2 Å². The summed E-state index contributed by atoms with van der Waals surface area (Å²) in [7, 11) is 0. The average molecular weight is 367 g/mol. The Balaban J connectivity index is 1.52. The van der Waals surface area contributed by atoms with Crippen LogP contribution in [0.3, 0.4) is 0 Å². The molecular formula is C22H29N3O2. The van der Waals surface area contributed by atoms with Gasteiger partial charge < -0.3 is 15.2 Å². The topological polar surface area (TPSA) is 63.1 Å². The summed E-state index contributed by atoms with van der Waals surface area (Å²) in [6.45, 7) is 5.67. The molecule has 5 heteroatoms. The van der Waals surface area contributed by atoms with Crippen LogP contribution in [0.15, 0.2) is 36.4 Å². The summed E-state index contributed by atoms with van der Waals surface area (Å²) < 4.78 is 2.16. The molecule has 3 rings (SSSR count). The van der Waals surface area contributed by atoms with Gasteiger partial charge in [-0.15, -0.1) is 0 Å². The molecule has 1 heterocycles. The molecule has 1 saturated carbocycles. The molecule has 144 valence electrons. The minimum atomic E-state index is -0.0856. The number of aryl methyl sites for hydroxylation is 1. The molecule has 1 aliphatic rings. The van der Waals surface area contributed by atoms with E-state index in [1.165, 1.54) is 5.56 Å². The highest BCUT2D eigenvalue weighted by atomic mass is 16.2. The molecule has 0 bridgehead atoms. The van der Waals surface area contributed by atoms with Crippen LogP contribution in [0, 0.1) is 19.8 Å². The highest BCUT2D eigenvalue weighted by molar-refractivity contribution is 5.95. The van der Waals surface area contributed by atoms with E-state index in [4.69, 9.17) is 0 Å². The van der Waals surface area contributed by atoms with E-state index in [0.29, 0.717) is 18.7 Å². The number of hydrogen-bond donors (Lipinski definition) is 2. The Morgan fingerprint density at radius 1 is 1.04 bits per heavy atom. The molecule has 0 unspecified atom stereocenters. The predicted molar refractivity (Wildman–Crippen MR) is 107 cm³/mol. The van der Waals surface area contributed by atoms with Crippen molar-refractivity contribution in [3.63, 3.8) is 0 Å². The van der Waals surface area contributed by atoms with Crippen molar-refractivity contribution < 1.29 is 9.59 Å². The fourth-order valence-corrected chi connectivity index (χ4v) is 3.83. The molecule has 27 heavy (non-hydrogen) atoms. The summed E-state index contributed by atoms with van der Waals surface area (Å²) in [5, 5.41) is 5.86. The molecule has 0 aliphatic heterocycles. The smallest absolute Gasteiger partial charge is 0.253 e. The van der Waals surface area contributed by atoms with Crippen LogP contribution in [0.25, 0.3) is 0 Å². The first-order valence-electron chi connectivity index (χ1n) is 9.83. The number of nitrogens with one attached hydrogen (secondary N) is 2. The van der Waals surface area contributed by atoms with Gasteiger partial charge in [-0.3, -0.25) is 9.59 Å². The van der Waals surface area contributed by atoms with E-state index < -0.39 is 0 Å². The Hall–Kier alpha value is -2.56. The number of carbonyl (C=O) groups is 2. The summed E-state index contributed by atoms with van der Waals surface area (Å²) in [4.78, 5) is 24.6. The molecular weight excluding hydrogens is 338 g/mol. The van der Waals surface area contributed by atoms with Crippen molar-refractivity contribution in [2.24, 2.45) is 5.92 Å². The molecule has 1 aromatic carbocycles. The normalized spacial score (nSPS) is 14.3. The summed E-state index contributed by atoms with van der Waals surface area (Å²) in [5.41, 5.74) is 3.94. The van der Waals surface area contributed by atoms with Gasteiger partial charge in [-0.25, -0.2) is 0 Å². The molecule has 5 nitrogen and oxygen atoms in total. The van der Waals surface area contributed by atoms with Crippen LogP contribution >= 0.6 is 0 Å². The van der Waals surface area contributed by atoms with E-state index in [1.807, 2.05) is 38.1 Å². The SMILES string of the molecule is Cc1cc(C(=O)NCCNC(=O)C2CCCC2)c(C)n1Cc1ccccc1. The molecule has 0 saturated heterocycles. The first kappa shape index (κ1) is 19.2. The van der Waals surface area contributed by atoms with Crippen LogP contribution in [0.2, 0.25) is 0 Å². The van der Waals surface area contributed by atoms with Crippen LogP contribution in [-0.2, 0) is 11.3 Å². The van der Waals surface area contributed by atoms with Crippen LogP contribution < -0.4 is 10.6 Å². The molecule has 2 N–H and O–H groups in total. The first-order chi connectivity index (χ1) is 13.1. The number of hydrogen-bond acceptors (Lipinski definition) is 2. The lowest BCUT2D eigenvalue weighted by Gasteiger charge is -2.11. The highest BCUT2D eigenvalue weighted by Gasteiger charge is 2.22. The Morgan fingerprint density at radius 2 is 1.70 bits per heavy atom. The van der Waals surface area contributed by atoms with Gasteiger partial charge in [-0.2, -0.15) is 0 Å². The average Bonchev–Trinajstić information content (AvgIpc) is 3.30. The number of amides is 2. The van der Waals surface area contributed by atoms with Gasteiger partial charge in [0.05, 0.1) is 5.56 Å². The van der Waals surface area contributed by atoms with Crippen LogP contribution in [-0.4, -0.2) is 29.5 Å². The van der Waals surface area contributed by atoms with Crippen molar-refractivity contribution in [1.29, 1.82) is 0 Å². The quantitative estimate of drug-likeness (QED) is 0.738. The zero-order chi connectivity index (χ0) is 19.2. The Kier molecular flexibility index (Phi) is 6.32. The Bertz CT molecular complexity index is 789. The Labute approximate surface area is 161 Å². The van der Waals surface area contributed by atoms with Gasteiger partial charge in [0, 0.05) is 36.9 Å². The fraction of sp³-hybridized carbons (Fsp3) is 0.455. The highest BCUT2D eigenvalue weighted by Crippen LogP contribution is 2.24. The van der Waals surface area contributed by atoms with E-state index in [2.05, 4.69) is 27.3 Å². The number of aromatic nitrogens is 1. The van der Waals surface area contributed by atoms with Crippen LogP contribution in [0.4, 0.5) is 0 Å². The lowest BCUT2D eigenvalue weighted by molar-refractivity contribution is -0.124. The molecule has 1 aromatic heterocycles. The largest absolute Gasteiger partial charge is 0.354 e. The van der Waals surface area contributed by atoms with E-state index in [9.17, 15) is 9.59 Å². The zero-order valence-corrected chi connectivity index (χ0v) is 16.3. The summed E-state index contributed by atoms with van der Waals surface area (Å²) in [6.07, 6.45) is 4.28. The molecule has 2 aromatic rings. The third kappa shape index (κ3) is 4.79. The minimum absolute atomic E-state index is 0.0856. The predicted octanol–water partition coefficient (Wildman–Crippen LogP) is 3.19. The third-order valence-corrected chi connectivity index (χ3v) is 5.44. The van der Waals surface area contributed by atoms with Crippen LogP contribution in [0.1, 0.15) is 53.0 Å². The number of nitrogens with zero attached hydrogens (tertiary/aromatic N) is 1. The summed E-state index contributed by atoms with van der Waals surface area (Å²) in [5.74, 6) is 0.206. The van der Waals surface area contributed by atoms with Crippen molar-refractivity contribution in [3.05, 3.63) is 58.9 Å². The monoisotopic (exact) mass is 367 g/mol. The molecule has 2 amide bonds. The van der Waals surface area contributed by atoms with E-state index >= 15 is 0 Å². The van der Waals surface area contributed by atoms with Crippen LogP contribution in [0.5, 0.6) is 0 Å². The number of carbonyl (C=O) groups excluding carboxylic acids is 2. The van der Waals surface area contributed by atoms with Gasteiger partial charge in [0.2, 0.25) is 5.91 Å². The standard InChI is InChI=1S/C22H29N3O2/c1-16-14-20(17(2)25(16)15-18-8-4-3-5-9-18)22(27)24-13-12-23-21(26)19-10-6-7-11-19/h3-5,8-9,14,19H,6-7,10-13,15H2,1-2H3,(H,23,26)(H,24,27). The van der Waals surface area contributed by atoms with E-state index in [-0.39, 0.29) is 17.7 Å².